The molecule has 0 atom stereocenters. The molecule has 0 amide bonds. The summed E-state index contributed by atoms with van der Waals surface area (Å²) in [7, 11) is 4.54. The first-order valence-corrected chi connectivity index (χ1v) is 5.33. The minimum atomic E-state index is -1.04. The Hall–Kier alpha value is -2.61. The molecule has 0 spiro atoms. The second-order valence-electron chi connectivity index (χ2n) is 3.35. The van der Waals surface area contributed by atoms with Gasteiger partial charge in [0.15, 0.2) is 11.5 Å². The predicted octanol–water partition coefficient (Wildman–Crippen LogP) is 1.70. The molecule has 1 aromatic rings. The number of methoxy groups -OCH3 is 3. The number of hydrogen-bond acceptors (Lipinski definition) is 4. The van der Waals surface area contributed by atoms with Crippen LogP contribution < -0.4 is 14.2 Å². The topological polar surface area (TPSA) is 65.0 Å². The van der Waals surface area contributed by atoms with Crippen LogP contribution in [0.15, 0.2) is 24.3 Å². The number of rotatable bonds is 4. The van der Waals surface area contributed by atoms with Crippen molar-refractivity contribution in [3.8, 4) is 29.1 Å². The molecule has 0 aliphatic heterocycles. The molecule has 0 saturated carbocycles. The standard InChI is InChI=1S/C14H14O5/c1-17-11-8-10(6-4-5-7-13(15)16)9-12(18-2)14(11)19-3/h5,7-9H,1-3H3,(H,15,16). The zero-order chi connectivity index (χ0) is 14.3. The average Bonchev–Trinajstić information content (AvgIpc) is 2.42. The van der Waals surface area contributed by atoms with Crippen molar-refractivity contribution in [3.05, 3.63) is 29.8 Å². The van der Waals surface area contributed by atoms with E-state index < -0.39 is 5.97 Å². The number of allylic oxidation sites excluding steroid dienone is 1. The molecule has 0 fully saturated rings. The number of carbonyl (C=O) groups is 1. The van der Waals surface area contributed by atoms with E-state index in [-0.39, 0.29) is 0 Å². The van der Waals surface area contributed by atoms with E-state index in [1.54, 1.807) is 12.1 Å². The lowest BCUT2D eigenvalue weighted by molar-refractivity contribution is -0.131. The first kappa shape index (κ1) is 14.5. The normalized spacial score (nSPS) is 9.63. The Kier molecular flexibility index (Phi) is 5.30. The molecule has 0 unspecified atom stereocenters. The van der Waals surface area contributed by atoms with Gasteiger partial charge >= 0.3 is 5.97 Å². The molecule has 1 N–H and O–H groups in total. The number of ether oxygens (including phenoxy) is 3. The minimum absolute atomic E-state index is 0.483. The Morgan fingerprint density at radius 2 is 1.74 bits per heavy atom. The summed E-state index contributed by atoms with van der Waals surface area (Å²) in [4.78, 5) is 10.3. The summed E-state index contributed by atoms with van der Waals surface area (Å²) < 4.78 is 15.5. The van der Waals surface area contributed by atoms with Crippen molar-refractivity contribution in [2.24, 2.45) is 0 Å². The maximum absolute atomic E-state index is 10.3. The van der Waals surface area contributed by atoms with Crippen LogP contribution in [-0.2, 0) is 4.79 Å². The first-order valence-electron chi connectivity index (χ1n) is 5.33. The molecule has 5 heteroatoms. The second-order valence-corrected chi connectivity index (χ2v) is 3.35. The quantitative estimate of drug-likeness (QED) is 0.661. The van der Waals surface area contributed by atoms with E-state index in [9.17, 15) is 4.79 Å². The summed E-state index contributed by atoms with van der Waals surface area (Å²) in [6.07, 6.45) is 2.22. The molecular formula is C14H14O5. The Labute approximate surface area is 111 Å². The fraction of sp³-hybridized carbons (Fsp3) is 0.214. The van der Waals surface area contributed by atoms with Crippen molar-refractivity contribution >= 4 is 5.97 Å². The maximum atomic E-state index is 10.3. The van der Waals surface area contributed by atoms with Crippen LogP contribution >= 0.6 is 0 Å². The summed E-state index contributed by atoms with van der Waals surface area (Å²) in [6.45, 7) is 0. The molecule has 0 saturated heterocycles. The highest BCUT2D eigenvalue weighted by atomic mass is 16.5. The van der Waals surface area contributed by atoms with Gasteiger partial charge in [-0.1, -0.05) is 11.8 Å². The summed E-state index contributed by atoms with van der Waals surface area (Å²) in [5.74, 6) is 5.82. The van der Waals surface area contributed by atoms with Gasteiger partial charge in [0.25, 0.3) is 0 Å². The van der Waals surface area contributed by atoms with Gasteiger partial charge in [0.05, 0.1) is 21.3 Å². The summed E-state index contributed by atoms with van der Waals surface area (Å²) in [5, 5.41) is 8.43. The number of carboxylic acid groups (broad SMARTS) is 1. The largest absolute Gasteiger partial charge is 0.493 e. The molecule has 1 aromatic carbocycles. The van der Waals surface area contributed by atoms with Gasteiger partial charge < -0.3 is 19.3 Å². The van der Waals surface area contributed by atoms with Crippen molar-refractivity contribution in [2.75, 3.05) is 21.3 Å². The van der Waals surface area contributed by atoms with Crippen molar-refractivity contribution in [1.29, 1.82) is 0 Å². The molecule has 0 aromatic heterocycles. The van der Waals surface area contributed by atoms with Crippen LogP contribution in [0.25, 0.3) is 0 Å². The van der Waals surface area contributed by atoms with Crippen LogP contribution in [0, 0.1) is 11.8 Å². The third-order valence-electron chi connectivity index (χ3n) is 2.19. The van der Waals surface area contributed by atoms with Gasteiger partial charge in [-0.25, -0.2) is 4.79 Å². The monoisotopic (exact) mass is 262 g/mol. The van der Waals surface area contributed by atoms with Gasteiger partial charge in [0.1, 0.15) is 0 Å². The maximum Gasteiger partial charge on any atom is 0.328 e. The van der Waals surface area contributed by atoms with E-state index >= 15 is 0 Å². The smallest absolute Gasteiger partial charge is 0.328 e. The fourth-order valence-electron chi connectivity index (χ4n) is 1.39. The molecule has 19 heavy (non-hydrogen) atoms. The Balaban J connectivity index is 3.12. The second kappa shape index (κ2) is 6.97. The van der Waals surface area contributed by atoms with Gasteiger partial charge in [-0.15, -0.1) is 0 Å². The van der Waals surface area contributed by atoms with E-state index in [1.807, 2.05) is 0 Å². The minimum Gasteiger partial charge on any atom is -0.493 e. The lowest BCUT2D eigenvalue weighted by atomic mass is 10.2. The number of aliphatic carboxylic acids is 1. The molecule has 0 radical (unpaired) electrons. The van der Waals surface area contributed by atoms with Gasteiger partial charge in [-0.05, 0) is 18.2 Å². The summed E-state index contributed by atoms with van der Waals surface area (Å²) >= 11 is 0. The van der Waals surface area contributed by atoms with Crippen LogP contribution in [0.4, 0.5) is 0 Å². The Morgan fingerprint density at radius 3 is 2.16 bits per heavy atom. The molecule has 1 rings (SSSR count). The fourth-order valence-corrected chi connectivity index (χ4v) is 1.39. The number of benzene rings is 1. The van der Waals surface area contributed by atoms with Gasteiger partial charge in [0, 0.05) is 11.6 Å². The van der Waals surface area contributed by atoms with Crippen molar-refractivity contribution < 1.29 is 24.1 Å². The van der Waals surface area contributed by atoms with E-state index in [0.29, 0.717) is 22.8 Å². The zero-order valence-electron chi connectivity index (χ0n) is 10.9. The molecule has 0 bridgehead atoms. The van der Waals surface area contributed by atoms with Gasteiger partial charge in [0.2, 0.25) is 5.75 Å². The van der Waals surface area contributed by atoms with E-state index in [4.69, 9.17) is 19.3 Å². The summed E-state index contributed by atoms with van der Waals surface area (Å²) in [6, 6.07) is 3.37. The van der Waals surface area contributed by atoms with Crippen LogP contribution in [0.3, 0.4) is 0 Å². The summed E-state index contributed by atoms with van der Waals surface area (Å²) in [5.41, 5.74) is 0.629. The van der Waals surface area contributed by atoms with Crippen molar-refractivity contribution in [2.45, 2.75) is 0 Å². The highest BCUT2D eigenvalue weighted by Gasteiger charge is 2.11. The van der Waals surface area contributed by atoms with Crippen molar-refractivity contribution in [1.82, 2.24) is 0 Å². The Bertz CT molecular complexity index is 524. The van der Waals surface area contributed by atoms with Crippen LogP contribution in [0.2, 0.25) is 0 Å². The van der Waals surface area contributed by atoms with Crippen LogP contribution in [0.5, 0.6) is 17.2 Å². The lowest BCUT2D eigenvalue weighted by Crippen LogP contribution is -1.95. The van der Waals surface area contributed by atoms with Gasteiger partial charge in [-0.3, -0.25) is 0 Å². The highest BCUT2D eigenvalue weighted by Crippen LogP contribution is 2.37. The molecular weight excluding hydrogens is 248 g/mol. The third-order valence-corrected chi connectivity index (χ3v) is 2.19. The highest BCUT2D eigenvalue weighted by molar-refractivity contribution is 5.80. The number of carboxylic acids is 1. The average molecular weight is 262 g/mol. The predicted molar refractivity (Wildman–Crippen MR) is 69.8 cm³/mol. The zero-order valence-corrected chi connectivity index (χ0v) is 10.9. The van der Waals surface area contributed by atoms with E-state index in [2.05, 4.69) is 11.8 Å². The lowest BCUT2D eigenvalue weighted by Gasteiger charge is -2.12. The molecule has 100 valence electrons. The van der Waals surface area contributed by atoms with E-state index in [1.165, 1.54) is 27.4 Å². The van der Waals surface area contributed by atoms with Gasteiger partial charge in [-0.2, -0.15) is 0 Å². The number of hydrogen-bond donors (Lipinski definition) is 1. The Morgan fingerprint density at radius 1 is 1.16 bits per heavy atom. The molecule has 0 heterocycles. The van der Waals surface area contributed by atoms with Crippen LogP contribution in [-0.4, -0.2) is 32.4 Å². The molecule has 5 nitrogen and oxygen atoms in total. The van der Waals surface area contributed by atoms with Crippen LogP contribution in [0.1, 0.15) is 5.56 Å². The molecule has 0 aliphatic rings. The van der Waals surface area contributed by atoms with Crippen molar-refractivity contribution in [3.63, 3.8) is 0 Å². The SMILES string of the molecule is COc1cc(C#CC=CC(=O)O)cc(OC)c1OC. The van der Waals surface area contributed by atoms with E-state index in [0.717, 1.165) is 6.08 Å². The first-order chi connectivity index (χ1) is 9.12. The molecule has 0 aliphatic carbocycles. The third kappa shape index (κ3) is 3.96.